The van der Waals surface area contributed by atoms with Gasteiger partial charge in [-0.05, 0) is 25.9 Å². The van der Waals surface area contributed by atoms with E-state index in [1.165, 1.54) is 36.7 Å². The third-order valence-electron chi connectivity index (χ3n) is 2.21. The van der Waals surface area contributed by atoms with Crippen LogP contribution in [0.4, 0.5) is 0 Å². The minimum absolute atomic E-state index is 1.05. The highest BCUT2D eigenvalue weighted by Crippen LogP contribution is 2.15. The average molecular weight is 170 g/mol. The van der Waals surface area contributed by atoms with Gasteiger partial charge in [0.2, 0.25) is 0 Å². The minimum Gasteiger partial charge on any atom is -0.297 e. The van der Waals surface area contributed by atoms with Crippen molar-refractivity contribution < 1.29 is 0 Å². The Balaban J connectivity index is 1.79. The van der Waals surface area contributed by atoms with Crippen molar-refractivity contribution in [3.8, 4) is 0 Å². The van der Waals surface area contributed by atoms with Crippen LogP contribution in [0.5, 0.6) is 0 Å². The van der Waals surface area contributed by atoms with Crippen LogP contribution < -0.4 is 0 Å². The summed E-state index contributed by atoms with van der Waals surface area (Å²) >= 11 is 1.94. The van der Waals surface area contributed by atoms with Gasteiger partial charge in [-0.1, -0.05) is 0 Å². The smallest absolute Gasteiger partial charge is 0.0817 e. The maximum absolute atomic E-state index is 4.44. The normalized spacial score (nSPS) is 26.0. The molecule has 62 valence electrons. The second-order valence-corrected chi connectivity index (χ2v) is 4.28. The Morgan fingerprint density at radius 1 is 1.36 bits per heavy atom. The van der Waals surface area contributed by atoms with Crippen molar-refractivity contribution in [1.29, 1.82) is 0 Å². The molecule has 0 aromatic carbocycles. The first-order valence-corrected chi connectivity index (χ1v) is 5.32. The van der Waals surface area contributed by atoms with Crippen molar-refractivity contribution in [2.45, 2.75) is 12.8 Å². The van der Waals surface area contributed by atoms with Gasteiger partial charge in [-0.25, -0.2) is 0 Å². The summed E-state index contributed by atoms with van der Waals surface area (Å²) in [5.74, 6) is 1.21. The van der Waals surface area contributed by atoms with Crippen LogP contribution in [0.2, 0.25) is 0 Å². The lowest BCUT2D eigenvalue weighted by molar-refractivity contribution is 0.390. The number of nitrogens with zero attached hydrogens (tertiary/aromatic N) is 2. The lowest BCUT2D eigenvalue weighted by Crippen LogP contribution is -2.24. The molecule has 0 amide bonds. The fourth-order valence-electron chi connectivity index (χ4n) is 1.61. The van der Waals surface area contributed by atoms with E-state index >= 15 is 0 Å². The zero-order valence-electron chi connectivity index (χ0n) is 6.75. The molecule has 0 N–H and O–H groups in total. The van der Waals surface area contributed by atoms with E-state index in [-0.39, 0.29) is 0 Å². The Hall–Kier alpha value is -0.0200. The number of rotatable bonds is 2. The Kier molecular flexibility index (Phi) is 2.48. The van der Waals surface area contributed by atoms with Crippen LogP contribution in [0.25, 0.3) is 0 Å². The molecule has 2 rings (SSSR count). The van der Waals surface area contributed by atoms with Gasteiger partial charge in [-0.2, -0.15) is 0 Å². The van der Waals surface area contributed by atoms with E-state index in [1.807, 2.05) is 11.8 Å². The number of thioether (sulfide) groups is 1. The Morgan fingerprint density at radius 2 is 2.18 bits per heavy atom. The molecule has 0 bridgehead atoms. The van der Waals surface area contributed by atoms with Crippen molar-refractivity contribution >= 4 is 16.8 Å². The summed E-state index contributed by atoms with van der Waals surface area (Å²) in [4.78, 5) is 6.95. The first-order chi connectivity index (χ1) is 5.45. The SMILES string of the molecule is C1CCN(CC2=NCCS2)C1. The molecule has 2 heterocycles. The summed E-state index contributed by atoms with van der Waals surface area (Å²) in [6, 6.07) is 0. The van der Waals surface area contributed by atoms with Crippen molar-refractivity contribution in [3.05, 3.63) is 0 Å². The molecular formula is C8H14N2S. The van der Waals surface area contributed by atoms with Gasteiger partial charge in [0.15, 0.2) is 0 Å². The summed E-state index contributed by atoms with van der Waals surface area (Å²) in [7, 11) is 0. The van der Waals surface area contributed by atoms with Gasteiger partial charge < -0.3 is 0 Å². The van der Waals surface area contributed by atoms with Crippen molar-refractivity contribution in [2.75, 3.05) is 31.9 Å². The fraction of sp³-hybridized carbons (Fsp3) is 0.875. The number of aliphatic imine (C=N–C) groups is 1. The van der Waals surface area contributed by atoms with Gasteiger partial charge in [-0.15, -0.1) is 11.8 Å². The van der Waals surface area contributed by atoms with Crippen molar-refractivity contribution in [2.24, 2.45) is 4.99 Å². The van der Waals surface area contributed by atoms with E-state index in [2.05, 4.69) is 9.89 Å². The van der Waals surface area contributed by atoms with E-state index in [0.717, 1.165) is 13.1 Å². The monoisotopic (exact) mass is 170 g/mol. The molecule has 2 aliphatic rings. The molecule has 0 radical (unpaired) electrons. The topological polar surface area (TPSA) is 15.6 Å². The fourth-order valence-corrected chi connectivity index (χ4v) is 2.48. The Labute approximate surface area is 72.1 Å². The quantitative estimate of drug-likeness (QED) is 0.619. The zero-order chi connectivity index (χ0) is 7.52. The average Bonchev–Trinajstić information content (AvgIpc) is 2.60. The summed E-state index contributed by atoms with van der Waals surface area (Å²) in [6.45, 7) is 4.76. The molecule has 0 atom stereocenters. The largest absolute Gasteiger partial charge is 0.297 e. The van der Waals surface area contributed by atoms with Crippen LogP contribution in [0.1, 0.15) is 12.8 Å². The van der Waals surface area contributed by atoms with Gasteiger partial charge in [0, 0.05) is 18.8 Å². The van der Waals surface area contributed by atoms with Gasteiger partial charge in [-0.3, -0.25) is 9.89 Å². The van der Waals surface area contributed by atoms with Gasteiger partial charge in [0.05, 0.1) is 5.04 Å². The molecule has 0 saturated carbocycles. The van der Waals surface area contributed by atoms with Gasteiger partial charge >= 0.3 is 0 Å². The van der Waals surface area contributed by atoms with E-state index in [0.29, 0.717) is 0 Å². The summed E-state index contributed by atoms with van der Waals surface area (Å²) in [6.07, 6.45) is 2.77. The molecule has 3 heteroatoms. The van der Waals surface area contributed by atoms with E-state index in [1.54, 1.807) is 0 Å². The van der Waals surface area contributed by atoms with Crippen LogP contribution in [-0.2, 0) is 0 Å². The van der Waals surface area contributed by atoms with Crippen LogP contribution in [-0.4, -0.2) is 41.9 Å². The third kappa shape index (κ3) is 1.97. The Morgan fingerprint density at radius 3 is 2.82 bits per heavy atom. The van der Waals surface area contributed by atoms with Crippen LogP contribution in [0.15, 0.2) is 4.99 Å². The molecular weight excluding hydrogens is 156 g/mol. The second-order valence-electron chi connectivity index (χ2n) is 3.11. The van der Waals surface area contributed by atoms with Crippen molar-refractivity contribution in [3.63, 3.8) is 0 Å². The van der Waals surface area contributed by atoms with Gasteiger partial charge in [0.1, 0.15) is 0 Å². The molecule has 0 unspecified atom stereocenters. The maximum atomic E-state index is 4.44. The lowest BCUT2D eigenvalue weighted by atomic mass is 10.4. The summed E-state index contributed by atoms with van der Waals surface area (Å²) in [5, 5.41) is 1.37. The molecule has 1 saturated heterocycles. The second kappa shape index (κ2) is 3.59. The van der Waals surface area contributed by atoms with Crippen LogP contribution in [0.3, 0.4) is 0 Å². The first kappa shape index (κ1) is 7.62. The molecule has 0 aliphatic carbocycles. The predicted molar refractivity (Wildman–Crippen MR) is 50.4 cm³/mol. The molecule has 0 spiro atoms. The number of hydrogen-bond acceptors (Lipinski definition) is 3. The third-order valence-corrected chi connectivity index (χ3v) is 3.18. The standard InChI is InChI=1S/C8H14N2S/c1-2-5-10(4-1)7-8-9-3-6-11-8/h1-7H2. The highest BCUT2D eigenvalue weighted by Gasteiger charge is 2.15. The van der Waals surface area contributed by atoms with E-state index in [4.69, 9.17) is 0 Å². The van der Waals surface area contributed by atoms with Crippen LogP contribution >= 0.6 is 11.8 Å². The van der Waals surface area contributed by atoms with Gasteiger partial charge in [0.25, 0.3) is 0 Å². The molecule has 2 aliphatic heterocycles. The van der Waals surface area contributed by atoms with Crippen molar-refractivity contribution in [1.82, 2.24) is 4.90 Å². The lowest BCUT2D eigenvalue weighted by Gasteiger charge is -2.12. The van der Waals surface area contributed by atoms with Crippen LogP contribution in [0, 0.1) is 0 Å². The molecule has 2 nitrogen and oxygen atoms in total. The summed E-state index contributed by atoms with van der Waals surface area (Å²) < 4.78 is 0. The zero-order valence-corrected chi connectivity index (χ0v) is 7.57. The minimum atomic E-state index is 1.05. The van der Waals surface area contributed by atoms with E-state index in [9.17, 15) is 0 Å². The highest BCUT2D eigenvalue weighted by atomic mass is 32.2. The first-order valence-electron chi connectivity index (χ1n) is 4.33. The molecule has 11 heavy (non-hydrogen) atoms. The maximum Gasteiger partial charge on any atom is 0.0817 e. The highest BCUT2D eigenvalue weighted by molar-refractivity contribution is 8.14. The van der Waals surface area contributed by atoms with E-state index < -0.39 is 0 Å². The molecule has 0 aromatic heterocycles. The predicted octanol–water partition coefficient (Wildman–Crippen LogP) is 1.23. The molecule has 1 fully saturated rings. The number of hydrogen-bond donors (Lipinski definition) is 0. The number of likely N-dealkylation sites (tertiary alicyclic amines) is 1. The summed E-state index contributed by atoms with van der Waals surface area (Å²) in [5.41, 5.74) is 0. The Bertz CT molecular complexity index is 161. The molecule has 0 aromatic rings.